The lowest BCUT2D eigenvalue weighted by atomic mass is 9.97. The molecule has 0 unspecified atom stereocenters. The van der Waals surface area contributed by atoms with Crippen molar-refractivity contribution in [1.82, 2.24) is 4.31 Å². The van der Waals surface area contributed by atoms with Gasteiger partial charge in [-0.3, -0.25) is 4.79 Å². The van der Waals surface area contributed by atoms with Gasteiger partial charge in [0.25, 0.3) is 0 Å². The minimum atomic E-state index is -3.64. The summed E-state index contributed by atoms with van der Waals surface area (Å²) in [5.74, 6) is -0.413. The van der Waals surface area contributed by atoms with Gasteiger partial charge in [-0.2, -0.15) is 9.57 Å². The fourth-order valence-electron chi connectivity index (χ4n) is 3.40. The number of nitriles is 1. The van der Waals surface area contributed by atoms with Crippen LogP contribution in [0, 0.1) is 17.2 Å². The average Bonchev–Trinajstić information content (AvgIpc) is 2.73. The number of nitrogens with one attached hydrogen (secondary N) is 1. The molecule has 0 aromatic heterocycles. The van der Waals surface area contributed by atoms with Crippen LogP contribution in [-0.4, -0.2) is 45.8 Å². The monoisotopic (exact) mass is 446 g/mol. The minimum absolute atomic E-state index is 0.140. The number of hydrogen-bond donors (Lipinski definition) is 1. The van der Waals surface area contributed by atoms with E-state index in [-0.39, 0.29) is 29.8 Å². The molecule has 158 valence electrons. The summed E-state index contributed by atoms with van der Waals surface area (Å²) in [6, 6.07) is 13.2. The molecule has 9 heteroatoms. The summed E-state index contributed by atoms with van der Waals surface area (Å²) in [4.78, 5) is 14.7. The van der Waals surface area contributed by atoms with Gasteiger partial charge in [0.15, 0.2) is 0 Å². The quantitative estimate of drug-likeness (QED) is 0.760. The molecule has 2 aromatic carbocycles. The molecule has 1 amide bonds. The topological polar surface area (TPSA) is 93.5 Å². The van der Waals surface area contributed by atoms with E-state index >= 15 is 0 Å². The van der Waals surface area contributed by atoms with Crippen LogP contribution in [0.4, 0.5) is 11.4 Å². The van der Waals surface area contributed by atoms with Crippen LogP contribution in [0.3, 0.4) is 0 Å². The van der Waals surface area contributed by atoms with Crippen LogP contribution in [0.2, 0.25) is 5.02 Å². The van der Waals surface area contributed by atoms with Crippen LogP contribution >= 0.6 is 11.6 Å². The fraction of sp³-hybridized carbons (Fsp3) is 0.333. The zero-order valence-corrected chi connectivity index (χ0v) is 18.4. The lowest BCUT2D eigenvalue weighted by Crippen LogP contribution is -2.41. The minimum Gasteiger partial charge on any atom is -0.376 e. The van der Waals surface area contributed by atoms with E-state index in [4.69, 9.17) is 16.9 Å². The third-order valence-corrected chi connectivity index (χ3v) is 7.36. The number of carbonyl (C=O) groups is 1. The predicted molar refractivity (Wildman–Crippen MR) is 117 cm³/mol. The number of halogens is 1. The first-order valence-corrected chi connectivity index (χ1v) is 11.3. The van der Waals surface area contributed by atoms with Gasteiger partial charge in [0.1, 0.15) is 0 Å². The van der Waals surface area contributed by atoms with Gasteiger partial charge in [-0.15, -0.1) is 0 Å². The fourth-order valence-corrected chi connectivity index (χ4v) is 5.22. The highest BCUT2D eigenvalue weighted by Gasteiger charge is 2.32. The van der Waals surface area contributed by atoms with Gasteiger partial charge in [-0.1, -0.05) is 11.6 Å². The van der Waals surface area contributed by atoms with Crippen LogP contribution in [0.15, 0.2) is 47.4 Å². The molecule has 0 aliphatic carbocycles. The first kappa shape index (κ1) is 22.1. The van der Waals surface area contributed by atoms with Crippen molar-refractivity contribution in [2.75, 3.05) is 37.4 Å². The van der Waals surface area contributed by atoms with Crippen molar-refractivity contribution in [2.45, 2.75) is 17.7 Å². The maximum Gasteiger partial charge on any atom is 0.243 e. The molecule has 30 heavy (non-hydrogen) atoms. The van der Waals surface area contributed by atoms with Crippen molar-refractivity contribution in [3.05, 3.63) is 53.1 Å². The van der Waals surface area contributed by atoms with Crippen LogP contribution < -0.4 is 10.2 Å². The van der Waals surface area contributed by atoms with Gasteiger partial charge in [0.2, 0.25) is 15.9 Å². The lowest BCUT2D eigenvalue weighted by Gasteiger charge is -2.30. The number of sulfonamides is 1. The molecule has 0 spiro atoms. The Balaban J connectivity index is 1.61. The van der Waals surface area contributed by atoms with Crippen LogP contribution in [0.1, 0.15) is 18.4 Å². The summed E-state index contributed by atoms with van der Waals surface area (Å²) in [6.45, 7) is 0.529. The van der Waals surface area contributed by atoms with E-state index in [0.717, 1.165) is 5.69 Å². The number of carbonyl (C=O) groups excluding carboxylic acids is 1. The van der Waals surface area contributed by atoms with Gasteiger partial charge >= 0.3 is 0 Å². The van der Waals surface area contributed by atoms with Crippen molar-refractivity contribution in [2.24, 2.45) is 5.92 Å². The van der Waals surface area contributed by atoms with E-state index in [2.05, 4.69) is 5.32 Å². The molecule has 0 radical (unpaired) electrons. The molecule has 1 aliphatic heterocycles. The van der Waals surface area contributed by atoms with Crippen LogP contribution in [0.5, 0.6) is 0 Å². The molecule has 2 aromatic rings. The number of amides is 1. The summed E-state index contributed by atoms with van der Waals surface area (Å²) in [7, 11) is 0.133. The average molecular weight is 447 g/mol. The highest BCUT2D eigenvalue weighted by Crippen LogP contribution is 2.29. The van der Waals surface area contributed by atoms with Gasteiger partial charge < -0.3 is 10.2 Å². The Labute approximate surface area is 181 Å². The lowest BCUT2D eigenvalue weighted by molar-refractivity contribution is -0.120. The van der Waals surface area contributed by atoms with Crippen molar-refractivity contribution in [3.63, 3.8) is 0 Å². The highest BCUT2D eigenvalue weighted by molar-refractivity contribution is 7.89. The van der Waals surface area contributed by atoms with E-state index in [1.807, 2.05) is 31.1 Å². The summed E-state index contributed by atoms with van der Waals surface area (Å²) in [6.07, 6.45) is 0.871. The smallest absolute Gasteiger partial charge is 0.243 e. The Hall–Kier alpha value is -2.60. The third-order valence-electron chi connectivity index (χ3n) is 5.14. The zero-order valence-electron chi connectivity index (χ0n) is 16.8. The number of nitrogens with zero attached hydrogens (tertiary/aromatic N) is 3. The van der Waals surface area contributed by atoms with E-state index in [0.29, 0.717) is 29.1 Å². The molecule has 0 saturated carbocycles. The Morgan fingerprint density at radius 2 is 1.80 bits per heavy atom. The molecule has 7 nitrogen and oxygen atoms in total. The van der Waals surface area contributed by atoms with E-state index in [9.17, 15) is 13.2 Å². The van der Waals surface area contributed by atoms with Crippen molar-refractivity contribution in [1.29, 1.82) is 5.26 Å². The summed E-state index contributed by atoms with van der Waals surface area (Å²) < 4.78 is 27.0. The number of rotatable bonds is 5. The Bertz CT molecular complexity index is 1070. The second kappa shape index (κ2) is 9.04. The summed E-state index contributed by atoms with van der Waals surface area (Å²) >= 11 is 6.26. The van der Waals surface area contributed by atoms with Crippen LogP contribution in [0.25, 0.3) is 0 Å². The largest absolute Gasteiger partial charge is 0.376 e. The van der Waals surface area contributed by atoms with Crippen LogP contribution in [-0.2, 0) is 14.8 Å². The van der Waals surface area contributed by atoms with Crippen molar-refractivity contribution in [3.8, 4) is 6.07 Å². The second-order valence-electron chi connectivity index (χ2n) is 7.36. The molecule has 1 aliphatic rings. The number of hydrogen-bond acceptors (Lipinski definition) is 5. The molecule has 0 atom stereocenters. The Morgan fingerprint density at radius 1 is 1.17 bits per heavy atom. The summed E-state index contributed by atoms with van der Waals surface area (Å²) in [5, 5.41) is 12.3. The molecule has 3 rings (SSSR count). The molecule has 1 fully saturated rings. The zero-order chi connectivity index (χ0) is 21.9. The standard InChI is InChI=1S/C21H23ClN4O3S/c1-25(2)20-8-5-17(13-19(20)22)24-21(27)16-9-11-26(12-10-16)30(28,29)18-6-3-15(14-23)4-7-18/h3-8,13,16H,9-12H2,1-2H3,(H,24,27). The second-order valence-corrected chi connectivity index (χ2v) is 9.71. The van der Waals surface area contributed by atoms with E-state index in [1.54, 1.807) is 12.1 Å². The van der Waals surface area contributed by atoms with E-state index in [1.165, 1.54) is 28.6 Å². The van der Waals surface area contributed by atoms with Gasteiger partial charge in [0, 0.05) is 38.8 Å². The first-order valence-electron chi connectivity index (χ1n) is 9.50. The summed E-state index contributed by atoms with van der Waals surface area (Å²) in [5.41, 5.74) is 1.88. The van der Waals surface area contributed by atoms with Crippen molar-refractivity contribution < 1.29 is 13.2 Å². The molecular formula is C21H23ClN4O3S. The maximum atomic E-state index is 12.8. The number of benzene rings is 2. The SMILES string of the molecule is CN(C)c1ccc(NC(=O)C2CCN(S(=O)(=O)c3ccc(C#N)cc3)CC2)cc1Cl. The number of piperidine rings is 1. The predicted octanol–water partition coefficient (Wildman–Crippen LogP) is 3.32. The van der Waals surface area contributed by atoms with Gasteiger partial charge in [0.05, 0.1) is 27.2 Å². The normalized spacial score (nSPS) is 15.4. The molecule has 0 bridgehead atoms. The molecular weight excluding hydrogens is 424 g/mol. The number of anilines is 2. The van der Waals surface area contributed by atoms with E-state index < -0.39 is 10.0 Å². The first-order chi connectivity index (χ1) is 14.2. The third kappa shape index (κ3) is 4.75. The van der Waals surface area contributed by atoms with Gasteiger partial charge in [-0.05, 0) is 55.3 Å². The van der Waals surface area contributed by atoms with Crippen molar-refractivity contribution >= 4 is 38.9 Å². The Morgan fingerprint density at radius 3 is 2.33 bits per heavy atom. The highest BCUT2D eigenvalue weighted by atomic mass is 35.5. The molecule has 1 heterocycles. The molecule has 1 saturated heterocycles. The molecule has 1 N–H and O–H groups in total. The maximum absolute atomic E-state index is 12.8. The Kier molecular flexibility index (Phi) is 6.66. The van der Waals surface area contributed by atoms with Gasteiger partial charge in [-0.25, -0.2) is 8.42 Å².